The minimum Gasteiger partial charge on any atom is -0.496 e. The lowest BCUT2D eigenvalue weighted by Gasteiger charge is -2.05. The molecule has 0 saturated carbocycles. The Morgan fingerprint density at radius 1 is 0.926 bits per heavy atom. The zero-order chi connectivity index (χ0) is 19.1. The Labute approximate surface area is 166 Å². The Morgan fingerprint density at radius 3 is 2.19 bits per heavy atom. The van der Waals surface area contributed by atoms with E-state index in [9.17, 15) is 4.79 Å². The lowest BCUT2D eigenvalue weighted by Crippen LogP contribution is -2.15. The van der Waals surface area contributed by atoms with Gasteiger partial charge in [0.1, 0.15) is 11.5 Å². The molecule has 0 aliphatic carbocycles. The number of nitrogens with zero attached hydrogens (tertiary/aromatic N) is 2. The molecule has 0 aliphatic heterocycles. The zero-order valence-corrected chi connectivity index (χ0v) is 16.3. The lowest BCUT2D eigenvalue weighted by molar-refractivity contribution is 0.106. The first-order valence-electron chi connectivity index (χ1n) is 8.29. The predicted molar refractivity (Wildman–Crippen MR) is 112 cm³/mol. The zero-order valence-electron chi connectivity index (χ0n) is 14.7. The molecule has 0 amide bonds. The Morgan fingerprint density at radius 2 is 1.56 bits per heavy atom. The van der Waals surface area contributed by atoms with Gasteiger partial charge in [0, 0.05) is 21.2 Å². The van der Waals surface area contributed by atoms with Gasteiger partial charge in [-0.3, -0.25) is 4.79 Å². The predicted octanol–water partition coefficient (Wildman–Crippen LogP) is 5.16. The van der Waals surface area contributed by atoms with Crippen LogP contribution in [0.3, 0.4) is 0 Å². The van der Waals surface area contributed by atoms with Crippen LogP contribution in [-0.4, -0.2) is 24.8 Å². The number of carbonyl (C=O) groups is 1. The van der Waals surface area contributed by atoms with Gasteiger partial charge in [0.25, 0.3) is 0 Å². The molecule has 3 rings (SSSR count). The molecular weight excluding hydrogens is 404 g/mol. The van der Waals surface area contributed by atoms with E-state index in [1.165, 1.54) is 0 Å². The van der Waals surface area contributed by atoms with Crippen LogP contribution >= 0.6 is 15.9 Å². The fraction of sp³-hybridized carbons (Fsp3) is 0.0455. The number of ether oxygens (including phenoxy) is 1. The number of hydrogen-bond acceptors (Lipinski definition) is 4. The molecule has 0 heterocycles. The van der Waals surface area contributed by atoms with Crippen molar-refractivity contribution in [2.45, 2.75) is 0 Å². The highest BCUT2D eigenvalue weighted by molar-refractivity contribution is 9.10. The second-order valence-corrected chi connectivity index (χ2v) is 6.56. The topological polar surface area (TPSA) is 51.0 Å². The fourth-order valence-corrected chi connectivity index (χ4v) is 2.89. The van der Waals surface area contributed by atoms with Crippen molar-refractivity contribution in [3.63, 3.8) is 0 Å². The largest absolute Gasteiger partial charge is 0.496 e. The molecule has 0 unspecified atom stereocenters. The Bertz CT molecular complexity index is 984. The molecule has 134 valence electrons. The first-order chi connectivity index (χ1) is 13.2. The highest BCUT2D eigenvalue weighted by Gasteiger charge is 2.16. The average molecular weight is 421 g/mol. The maximum Gasteiger partial charge on any atom is 0.213 e. The van der Waals surface area contributed by atoms with Crippen molar-refractivity contribution >= 4 is 33.6 Å². The van der Waals surface area contributed by atoms with Gasteiger partial charge in [-0.2, -0.15) is 5.10 Å². The van der Waals surface area contributed by atoms with Gasteiger partial charge in [0.2, 0.25) is 5.78 Å². The normalized spacial score (nSPS) is 11.6. The summed E-state index contributed by atoms with van der Waals surface area (Å²) in [7, 11) is 1.60. The number of methoxy groups -OCH3 is 1. The van der Waals surface area contributed by atoms with E-state index in [1.807, 2.05) is 66.7 Å². The molecule has 0 atom stereocenters. The minimum atomic E-state index is -0.180. The van der Waals surface area contributed by atoms with Crippen LogP contribution in [0.2, 0.25) is 0 Å². The van der Waals surface area contributed by atoms with Crippen molar-refractivity contribution in [2.75, 3.05) is 7.11 Å². The number of halogens is 1. The second-order valence-electron chi connectivity index (χ2n) is 5.64. The third-order valence-corrected chi connectivity index (χ3v) is 4.34. The van der Waals surface area contributed by atoms with E-state index >= 15 is 0 Å². The molecule has 0 bridgehead atoms. The monoisotopic (exact) mass is 420 g/mol. The first-order valence-corrected chi connectivity index (χ1v) is 9.08. The molecule has 5 heteroatoms. The van der Waals surface area contributed by atoms with Crippen LogP contribution in [0.1, 0.15) is 21.5 Å². The van der Waals surface area contributed by atoms with Crippen molar-refractivity contribution in [3.05, 3.63) is 100 Å². The van der Waals surface area contributed by atoms with Gasteiger partial charge < -0.3 is 4.74 Å². The van der Waals surface area contributed by atoms with E-state index in [-0.39, 0.29) is 11.5 Å². The summed E-state index contributed by atoms with van der Waals surface area (Å²) in [5.74, 6) is 0.493. The number of rotatable bonds is 6. The molecule has 0 spiro atoms. The van der Waals surface area contributed by atoms with Gasteiger partial charge >= 0.3 is 0 Å². The van der Waals surface area contributed by atoms with E-state index < -0.39 is 0 Å². The minimum absolute atomic E-state index is 0.180. The number of hydrogen-bond donors (Lipinski definition) is 0. The molecule has 0 N–H and O–H groups in total. The summed E-state index contributed by atoms with van der Waals surface area (Å²) in [4.78, 5) is 12.9. The van der Waals surface area contributed by atoms with Gasteiger partial charge in [-0.05, 0) is 18.2 Å². The molecule has 4 nitrogen and oxygen atoms in total. The van der Waals surface area contributed by atoms with Crippen molar-refractivity contribution in [1.82, 2.24) is 0 Å². The van der Waals surface area contributed by atoms with E-state index in [4.69, 9.17) is 4.74 Å². The van der Waals surface area contributed by atoms with E-state index in [0.29, 0.717) is 16.9 Å². The number of ketones is 1. The Balaban J connectivity index is 1.99. The van der Waals surface area contributed by atoms with E-state index in [2.05, 4.69) is 26.1 Å². The molecule has 3 aromatic carbocycles. The maximum atomic E-state index is 12.9. The van der Waals surface area contributed by atoms with Crippen molar-refractivity contribution in [1.29, 1.82) is 0 Å². The summed E-state index contributed by atoms with van der Waals surface area (Å²) >= 11 is 3.43. The van der Waals surface area contributed by atoms with E-state index in [0.717, 1.165) is 10.0 Å². The van der Waals surface area contributed by atoms with Gasteiger partial charge in [-0.1, -0.05) is 76.6 Å². The molecular formula is C22H17BrN2O2. The summed E-state index contributed by atoms with van der Waals surface area (Å²) in [5.41, 5.74) is 2.32. The smallest absolute Gasteiger partial charge is 0.213 e. The number of carbonyl (C=O) groups excluding carboxylic acids is 1. The van der Waals surface area contributed by atoms with Crippen LogP contribution in [0.25, 0.3) is 0 Å². The van der Waals surface area contributed by atoms with Gasteiger partial charge in [0.05, 0.1) is 13.3 Å². The third kappa shape index (κ3) is 4.77. The van der Waals surface area contributed by atoms with Crippen molar-refractivity contribution in [3.8, 4) is 5.75 Å². The summed E-state index contributed by atoms with van der Waals surface area (Å²) in [6.45, 7) is 0. The first kappa shape index (κ1) is 18.7. The quantitative estimate of drug-likeness (QED) is 0.314. The van der Waals surface area contributed by atoms with Crippen LogP contribution in [0.4, 0.5) is 0 Å². The number of benzene rings is 3. The summed E-state index contributed by atoms with van der Waals surface area (Å²) in [6.07, 6.45) is 1.57. The molecule has 0 saturated heterocycles. The molecule has 0 aromatic heterocycles. The van der Waals surface area contributed by atoms with Crippen LogP contribution in [0, 0.1) is 0 Å². The van der Waals surface area contributed by atoms with Crippen LogP contribution in [-0.2, 0) is 0 Å². The molecule has 0 aliphatic rings. The molecule has 0 fully saturated rings. The summed E-state index contributed by atoms with van der Waals surface area (Å²) in [5, 5.41) is 8.39. The summed E-state index contributed by atoms with van der Waals surface area (Å²) in [6, 6.07) is 23.9. The highest BCUT2D eigenvalue weighted by Crippen LogP contribution is 2.21. The molecule has 3 aromatic rings. The van der Waals surface area contributed by atoms with E-state index in [1.54, 1.807) is 25.5 Å². The van der Waals surface area contributed by atoms with Crippen molar-refractivity contribution in [2.24, 2.45) is 10.2 Å². The molecule has 27 heavy (non-hydrogen) atoms. The van der Waals surface area contributed by atoms with Gasteiger partial charge in [0.15, 0.2) is 0 Å². The number of Topliss-reactive ketones (excluding diaryl/α,β-unsaturated/α-hetero) is 1. The SMILES string of the molecule is COc1ccc(Br)cc1/C=N/N=C(/C(=O)c1ccccc1)c1ccccc1. The average Bonchev–Trinajstić information content (AvgIpc) is 2.72. The van der Waals surface area contributed by atoms with Crippen LogP contribution < -0.4 is 4.74 Å². The Kier molecular flexibility index (Phi) is 6.28. The third-order valence-electron chi connectivity index (χ3n) is 3.84. The second kappa shape index (κ2) is 9.05. The van der Waals surface area contributed by atoms with Gasteiger partial charge in [-0.15, -0.1) is 5.10 Å². The maximum absolute atomic E-state index is 12.9. The lowest BCUT2D eigenvalue weighted by atomic mass is 10.0. The van der Waals surface area contributed by atoms with Crippen LogP contribution in [0.15, 0.2) is 93.5 Å². The Hall–Kier alpha value is -3.05. The fourth-order valence-electron chi connectivity index (χ4n) is 2.51. The highest BCUT2D eigenvalue weighted by atomic mass is 79.9. The van der Waals surface area contributed by atoms with Crippen LogP contribution in [0.5, 0.6) is 5.75 Å². The standard InChI is InChI=1S/C22H17BrN2O2/c1-27-20-13-12-19(23)14-18(20)15-24-25-21(16-8-4-2-5-9-16)22(26)17-10-6-3-7-11-17/h2-15H,1H3/b24-15+,25-21+. The van der Waals surface area contributed by atoms with Crippen molar-refractivity contribution < 1.29 is 9.53 Å². The van der Waals surface area contributed by atoms with Gasteiger partial charge in [-0.25, -0.2) is 0 Å². The molecule has 0 radical (unpaired) electrons. The summed E-state index contributed by atoms with van der Waals surface area (Å²) < 4.78 is 6.23.